The van der Waals surface area contributed by atoms with Gasteiger partial charge >= 0.3 is 0 Å². The molecule has 0 aliphatic carbocycles. The molecule has 2 heterocycles. The minimum Gasteiger partial charge on any atom is -0.317 e. The minimum atomic E-state index is 0.723. The van der Waals surface area contributed by atoms with Crippen molar-refractivity contribution in [2.45, 2.75) is 33.7 Å². The highest BCUT2D eigenvalue weighted by Gasteiger charge is 2.11. The third kappa shape index (κ3) is 3.67. The van der Waals surface area contributed by atoms with Gasteiger partial charge in [0.05, 0.1) is 17.9 Å². The molecule has 5 heteroatoms. The molecule has 0 unspecified atom stereocenters. The van der Waals surface area contributed by atoms with Crippen LogP contribution in [0.25, 0.3) is 0 Å². The van der Waals surface area contributed by atoms with Gasteiger partial charge in [-0.2, -0.15) is 5.10 Å². The summed E-state index contributed by atoms with van der Waals surface area (Å²) in [6.07, 6.45) is 2.85. The van der Waals surface area contributed by atoms with Crippen LogP contribution < -0.4 is 5.32 Å². The van der Waals surface area contributed by atoms with E-state index < -0.39 is 0 Å². The van der Waals surface area contributed by atoms with Crippen LogP contribution in [0.5, 0.6) is 0 Å². The molecule has 0 saturated heterocycles. The van der Waals surface area contributed by atoms with Gasteiger partial charge < -0.3 is 5.32 Å². The number of hydrogen-bond donors (Lipinski definition) is 1. The van der Waals surface area contributed by atoms with E-state index in [-0.39, 0.29) is 0 Å². The van der Waals surface area contributed by atoms with Gasteiger partial charge in [0.2, 0.25) is 0 Å². The van der Waals surface area contributed by atoms with E-state index in [1.807, 2.05) is 23.0 Å². The maximum Gasteiger partial charge on any atom is 0.0834 e. The number of halogens is 1. The summed E-state index contributed by atoms with van der Waals surface area (Å²) in [7, 11) is 0. The first-order chi connectivity index (χ1) is 9.61. The molecule has 0 fully saturated rings. The summed E-state index contributed by atoms with van der Waals surface area (Å²) in [5, 5.41) is 8.01. The van der Waals surface area contributed by atoms with Crippen LogP contribution in [0.1, 0.15) is 29.6 Å². The average Bonchev–Trinajstić information content (AvgIpc) is 2.69. The van der Waals surface area contributed by atoms with Crippen molar-refractivity contribution in [1.29, 1.82) is 0 Å². The highest BCUT2D eigenvalue weighted by atomic mass is 79.9. The van der Waals surface area contributed by atoms with Gasteiger partial charge in [-0.25, -0.2) is 0 Å². The van der Waals surface area contributed by atoms with Crippen molar-refractivity contribution in [3.63, 3.8) is 0 Å². The number of aromatic nitrogens is 3. The molecule has 0 aliphatic rings. The first-order valence-electron chi connectivity index (χ1n) is 6.95. The molecule has 2 aromatic heterocycles. The van der Waals surface area contributed by atoms with Gasteiger partial charge in [0.1, 0.15) is 0 Å². The van der Waals surface area contributed by atoms with Gasteiger partial charge in [-0.3, -0.25) is 9.67 Å². The van der Waals surface area contributed by atoms with E-state index >= 15 is 0 Å². The zero-order valence-corrected chi connectivity index (χ0v) is 13.9. The van der Waals surface area contributed by atoms with E-state index in [9.17, 15) is 0 Å². The van der Waals surface area contributed by atoms with E-state index in [1.54, 1.807) is 0 Å². The van der Waals surface area contributed by atoms with Gasteiger partial charge in [0.15, 0.2) is 0 Å². The maximum atomic E-state index is 4.64. The van der Waals surface area contributed by atoms with Gasteiger partial charge in [-0.05, 0) is 67.0 Å². The Bertz CT molecular complexity index is 560. The van der Waals surface area contributed by atoms with Gasteiger partial charge in [-0.15, -0.1) is 0 Å². The molecule has 0 saturated carbocycles. The Morgan fingerprint density at radius 3 is 2.75 bits per heavy atom. The summed E-state index contributed by atoms with van der Waals surface area (Å²) in [4.78, 5) is 4.41. The first-order valence-corrected chi connectivity index (χ1v) is 7.75. The third-order valence-electron chi connectivity index (χ3n) is 3.43. The number of aryl methyl sites for hydroxylation is 1. The Morgan fingerprint density at radius 2 is 2.10 bits per heavy atom. The molecule has 20 heavy (non-hydrogen) atoms. The zero-order chi connectivity index (χ0) is 14.5. The third-order valence-corrected chi connectivity index (χ3v) is 3.90. The Labute approximate surface area is 128 Å². The molecule has 1 N–H and O–H groups in total. The van der Waals surface area contributed by atoms with Gasteiger partial charge in [0, 0.05) is 16.4 Å². The van der Waals surface area contributed by atoms with Crippen molar-refractivity contribution in [2.24, 2.45) is 0 Å². The molecule has 0 spiro atoms. The van der Waals surface area contributed by atoms with Gasteiger partial charge in [0.25, 0.3) is 0 Å². The predicted molar refractivity (Wildman–Crippen MR) is 85.0 cm³/mol. The summed E-state index contributed by atoms with van der Waals surface area (Å²) >= 11 is 3.40. The molecule has 0 atom stereocenters. The van der Waals surface area contributed by atoms with Crippen LogP contribution in [0, 0.1) is 13.8 Å². The van der Waals surface area contributed by atoms with E-state index in [4.69, 9.17) is 0 Å². The minimum absolute atomic E-state index is 0.723. The first kappa shape index (κ1) is 15.2. The van der Waals surface area contributed by atoms with Crippen LogP contribution in [-0.2, 0) is 13.0 Å². The second-order valence-electron chi connectivity index (χ2n) is 4.88. The molecular weight excluding hydrogens is 316 g/mol. The van der Waals surface area contributed by atoms with E-state index in [2.05, 4.69) is 52.1 Å². The van der Waals surface area contributed by atoms with Crippen molar-refractivity contribution in [1.82, 2.24) is 20.1 Å². The Kier molecular flexibility index (Phi) is 5.31. The molecule has 0 aromatic carbocycles. The number of pyridine rings is 1. The summed E-state index contributed by atoms with van der Waals surface area (Å²) in [6.45, 7) is 9.08. The van der Waals surface area contributed by atoms with Crippen LogP contribution in [0.15, 0.2) is 22.8 Å². The summed E-state index contributed by atoms with van der Waals surface area (Å²) in [5.74, 6) is 0. The smallest absolute Gasteiger partial charge is 0.0834 e. The van der Waals surface area contributed by atoms with Crippen molar-refractivity contribution in [3.05, 3.63) is 45.4 Å². The fourth-order valence-corrected chi connectivity index (χ4v) is 2.53. The highest BCUT2D eigenvalue weighted by molar-refractivity contribution is 9.10. The molecule has 2 rings (SSSR count). The molecule has 0 amide bonds. The van der Waals surface area contributed by atoms with Crippen LogP contribution in [0.2, 0.25) is 0 Å². The number of nitrogens with zero attached hydrogens (tertiary/aromatic N) is 3. The number of likely N-dealkylation sites (N-methyl/N-ethyl adjacent to an activating group) is 1. The Morgan fingerprint density at radius 1 is 1.30 bits per heavy atom. The lowest BCUT2D eigenvalue weighted by Crippen LogP contribution is -2.16. The molecular formula is C15H21BrN4. The van der Waals surface area contributed by atoms with Gasteiger partial charge in [-0.1, -0.05) is 6.92 Å². The fraction of sp³-hybridized carbons (Fsp3) is 0.467. The van der Waals surface area contributed by atoms with Crippen molar-refractivity contribution in [2.75, 3.05) is 13.1 Å². The Balaban J connectivity index is 2.12. The molecule has 0 bridgehead atoms. The van der Waals surface area contributed by atoms with Crippen molar-refractivity contribution < 1.29 is 0 Å². The van der Waals surface area contributed by atoms with E-state index in [0.29, 0.717) is 0 Å². The fourth-order valence-electron chi connectivity index (χ4n) is 2.29. The zero-order valence-electron chi connectivity index (χ0n) is 12.3. The summed E-state index contributed by atoms with van der Waals surface area (Å²) in [5.41, 5.74) is 4.74. The van der Waals surface area contributed by atoms with Crippen LogP contribution in [0.4, 0.5) is 0 Å². The monoisotopic (exact) mass is 336 g/mol. The Hall–Kier alpha value is -1.20. The second-order valence-corrected chi connectivity index (χ2v) is 5.79. The molecule has 4 nitrogen and oxygen atoms in total. The van der Waals surface area contributed by atoms with Crippen LogP contribution in [0.3, 0.4) is 0 Å². The summed E-state index contributed by atoms with van der Waals surface area (Å²) in [6, 6.07) is 4.04. The molecule has 2 aromatic rings. The van der Waals surface area contributed by atoms with Crippen LogP contribution in [-0.4, -0.2) is 27.9 Å². The molecule has 0 aliphatic heterocycles. The van der Waals surface area contributed by atoms with Crippen molar-refractivity contribution in [3.8, 4) is 0 Å². The van der Waals surface area contributed by atoms with Crippen LogP contribution >= 0.6 is 15.9 Å². The normalized spacial score (nSPS) is 11.0. The van der Waals surface area contributed by atoms with Crippen molar-refractivity contribution >= 4 is 15.9 Å². The predicted octanol–water partition coefficient (Wildman–Crippen LogP) is 2.86. The number of nitrogens with one attached hydrogen (secondary N) is 1. The largest absolute Gasteiger partial charge is 0.317 e. The van der Waals surface area contributed by atoms with E-state index in [0.717, 1.165) is 41.9 Å². The number of hydrogen-bond acceptors (Lipinski definition) is 3. The van der Waals surface area contributed by atoms with E-state index in [1.165, 1.54) is 11.3 Å². The summed E-state index contributed by atoms with van der Waals surface area (Å²) < 4.78 is 3.05. The lowest BCUT2D eigenvalue weighted by Gasteiger charge is -2.06. The second kappa shape index (κ2) is 6.99. The number of rotatable bonds is 6. The average molecular weight is 337 g/mol. The topological polar surface area (TPSA) is 42.7 Å². The maximum absolute atomic E-state index is 4.64. The molecule has 0 radical (unpaired) electrons. The standard InChI is InChI=1S/C15H21BrN4/c1-4-17-8-7-15-11(2)19-20(12(15)3)10-14-6-5-13(16)9-18-14/h5-6,9,17H,4,7-8,10H2,1-3H3. The lowest BCUT2D eigenvalue weighted by atomic mass is 10.1. The highest BCUT2D eigenvalue weighted by Crippen LogP contribution is 2.15. The SMILES string of the molecule is CCNCCc1c(C)nn(Cc2ccc(Br)cn2)c1C. The molecule has 108 valence electrons. The quantitative estimate of drug-likeness (QED) is 0.825. The lowest BCUT2D eigenvalue weighted by molar-refractivity contribution is 0.644.